The summed E-state index contributed by atoms with van der Waals surface area (Å²) in [6.07, 6.45) is 5.95. The van der Waals surface area contributed by atoms with Crippen LogP contribution in [0.1, 0.15) is 6.42 Å². The lowest BCUT2D eigenvalue weighted by Gasteiger charge is -2.16. The Bertz CT molecular complexity index is 1400. The average molecular weight is 440 g/mol. The number of aryl methyl sites for hydroxylation is 1. The molecule has 0 spiro atoms. The van der Waals surface area contributed by atoms with Crippen LogP contribution >= 0.6 is 0 Å². The molecule has 2 N–H and O–H groups in total. The summed E-state index contributed by atoms with van der Waals surface area (Å²) in [5.41, 5.74) is 5.54. The van der Waals surface area contributed by atoms with Gasteiger partial charge in [-0.2, -0.15) is 5.10 Å². The van der Waals surface area contributed by atoms with Crippen LogP contribution in [0.25, 0.3) is 44.5 Å². The molecule has 7 heteroatoms. The summed E-state index contributed by atoms with van der Waals surface area (Å²) in [5, 5.41) is 24.6. The van der Waals surface area contributed by atoms with Crippen LogP contribution in [0.4, 0.5) is 4.39 Å². The number of aliphatic hydroxyl groups is 1. The van der Waals surface area contributed by atoms with Gasteiger partial charge in [0.25, 0.3) is 0 Å². The fourth-order valence-electron chi connectivity index (χ4n) is 3.98. The van der Waals surface area contributed by atoms with E-state index in [1.807, 2.05) is 30.5 Å². The fraction of sp³-hybridized carbons (Fsp3) is 0.115. The number of aromatic hydroxyl groups is 1. The zero-order valence-corrected chi connectivity index (χ0v) is 17.7. The molecule has 0 atom stereocenters. The first kappa shape index (κ1) is 20.8. The van der Waals surface area contributed by atoms with Crippen LogP contribution in [0.2, 0.25) is 0 Å². The summed E-state index contributed by atoms with van der Waals surface area (Å²) in [4.78, 5) is 9.05. The second-order valence-electron chi connectivity index (χ2n) is 7.71. The van der Waals surface area contributed by atoms with Crippen molar-refractivity contribution in [2.45, 2.75) is 13.0 Å². The molecule has 0 aliphatic carbocycles. The summed E-state index contributed by atoms with van der Waals surface area (Å²) in [7, 11) is 0. The predicted octanol–water partition coefficient (Wildman–Crippen LogP) is 5.05. The van der Waals surface area contributed by atoms with Crippen molar-refractivity contribution in [2.24, 2.45) is 0 Å². The number of hydrogen-bond acceptors (Lipinski definition) is 5. The Hall–Kier alpha value is -4.10. The van der Waals surface area contributed by atoms with Crippen molar-refractivity contribution in [1.82, 2.24) is 19.7 Å². The van der Waals surface area contributed by atoms with E-state index in [9.17, 15) is 14.6 Å². The highest BCUT2D eigenvalue weighted by Crippen LogP contribution is 2.43. The molecular weight excluding hydrogens is 419 g/mol. The first-order valence-electron chi connectivity index (χ1n) is 10.6. The molecule has 0 saturated carbocycles. The summed E-state index contributed by atoms with van der Waals surface area (Å²) >= 11 is 0. The molecule has 5 aromatic rings. The lowest BCUT2D eigenvalue weighted by atomic mass is 9.89. The molecule has 3 heterocycles. The van der Waals surface area contributed by atoms with Crippen LogP contribution in [0.15, 0.2) is 79.3 Å². The van der Waals surface area contributed by atoms with Crippen molar-refractivity contribution in [3.05, 3.63) is 85.1 Å². The van der Waals surface area contributed by atoms with E-state index in [0.717, 1.165) is 33.2 Å². The van der Waals surface area contributed by atoms with Crippen molar-refractivity contribution < 1.29 is 14.6 Å². The quantitative estimate of drug-likeness (QED) is 0.386. The Morgan fingerprint density at radius 1 is 0.818 bits per heavy atom. The van der Waals surface area contributed by atoms with Gasteiger partial charge in [-0.25, -0.2) is 9.37 Å². The van der Waals surface area contributed by atoms with E-state index < -0.39 is 0 Å². The normalized spacial score (nSPS) is 11.2. The van der Waals surface area contributed by atoms with Crippen molar-refractivity contribution in [2.75, 3.05) is 6.61 Å². The van der Waals surface area contributed by atoms with E-state index in [0.29, 0.717) is 24.3 Å². The van der Waals surface area contributed by atoms with Gasteiger partial charge in [0.05, 0.1) is 5.69 Å². The SMILES string of the molecule is OCCCn1cc2c(-c3ccc(O)cc3)c(-c3ccncc3)c(-c3ccc(F)cc3)nc2n1. The third-order valence-electron chi connectivity index (χ3n) is 5.50. The number of aliphatic hydroxyl groups excluding tert-OH is 1. The topological polar surface area (TPSA) is 84.1 Å². The molecular formula is C26H21FN4O2. The monoisotopic (exact) mass is 440 g/mol. The Morgan fingerprint density at radius 2 is 1.48 bits per heavy atom. The molecule has 2 aromatic carbocycles. The van der Waals surface area contributed by atoms with Crippen molar-refractivity contribution >= 4 is 11.0 Å². The van der Waals surface area contributed by atoms with E-state index in [-0.39, 0.29) is 18.2 Å². The van der Waals surface area contributed by atoms with Crippen molar-refractivity contribution in [1.29, 1.82) is 0 Å². The number of pyridine rings is 2. The number of hydrogen-bond donors (Lipinski definition) is 2. The predicted molar refractivity (Wildman–Crippen MR) is 125 cm³/mol. The smallest absolute Gasteiger partial charge is 0.182 e. The molecule has 0 fully saturated rings. The van der Waals surface area contributed by atoms with Crippen LogP contribution in [0.3, 0.4) is 0 Å². The van der Waals surface area contributed by atoms with Gasteiger partial charge in [0, 0.05) is 53.8 Å². The van der Waals surface area contributed by atoms with Crippen LogP contribution in [0.5, 0.6) is 5.75 Å². The zero-order valence-electron chi connectivity index (χ0n) is 17.7. The number of halogens is 1. The van der Waals surface area contributed by atoms with Gasteiger partial charge in [-0.15, -0.1) is 0 Å². The number of phenols is 1. The Kier molecular flexibility index (Phi) is 5.54. The molecule has 0 bridgehead atoms. The largest absolute Gasteiger partial charge is 0.508 e. The van der Waals surface area contributed by atoms with Crippen LogP contribution < -0.4 is 0 Å². The van der Waals surface area contributed by atoms with E-state index >= 15 is 0 Å². The number of nitrogens with zero attached hydrogens (tertiary/aromatic N) is 4. The summed E-state index contributed by atoms with van der Waals surface area (Å²) in [5.74, 6) is -0.149. The third-order valence-corrected chi connectivity index (χ3v) is 5.50. The Balaban J connectivity index is 1.88. The second kappa shape index (κ2) is 8.80. The van der Waals surface area contributed by atoms with Gasteiger partial charge in [-0.3, -0.25) is 9.67 Å². The maximum atomic E-state index is 13.7. The minimum atomic E-state index is -0.322. The van der Waals surface area contributed by atoms with E-state index in [1.54, 1.807) is 41.3 Å². The molecule has 5 rings (SSSR count). The number of aromatic nitrogens is 4. The molecule has 6 nitrogen and oxygen atoms in total. The first-order valence-corrected chi connectivity index (χ1v) is 10.6. The van der Waals surface area contributed by atoms with E-state index in [2.05, 4.69) is 10.1 Å². The van der Waals surface area contributed by atoms with Crippen LogP contribution in [-0.4, -0.2) is 36.6 Å². The van der Waals surface area contributed by atoms with Crippen molar-refractivity contribution in [3.63, 3.8) is 0 Å². The standard InChI is InChI=1S/C26H21FN4O2/c27-20-6-2-19(3-7-20)25-24(18-10-12-28-13-11-18)23(17-4-8-21(33)9-5-17)22-16-31(14-1-15-32)30-26(22)29-25/h2-13,16,32-33H,1,14-15H2. The molecule has 0 radical (unpaired) electrons. The molecule has 33 heavy (non-hydrogen) atoms. The van der Waals surface area contributed by atoms with Gasteiger partial charge in [-0.05, 0) is 66.1 Å². The molecule has 0 aliphatic rings. The first-order chi connectivity index (χ1) is 16.1. The van der Waals surface area contributed by atoms with Gasteiger partial charge in [0.15, 0.2) is 5.65 Å². The Labute approximate surface area is 189 Å². The molecule has 0 aliphatic heterocycles. The zero-order chi connectivity index (χ0) is 22.8. The highest BCUT2D eigenvalue weighted by Gasteiger charge is 2.21. The van der Waals surface area contributed by atoms with Gasteiger partial charge in [-0.1, -0.05) is 12.1 Å². The fourth-order valence-corrected chi connectivity index (χ4v) is 3.98. The summed E-state index contributed by atoms with van der Waals surface area (Å²) < 4.78 is 15.5. The van der Waals surface area contributed by atoms with Gasteiger partial charge in [0.2, 0.25) is 0 Å². The lowest BCUT2D eigenvalue weighted by Crippen LogP contribution is -2.00. The van der Waals surface area contributed by atoms with Crippen molar-refractivity contribution in [3.8, 4) is 39.3 Å². The highest BCUT2D eigenvalue weighted by atomic mass is 19.1. The minimum absolute atomic E-state index is 0.0670. The highest BCUT2D eigenvalue weighted by molar-refractivity contribution is 6.05. The van der Waals surface area contributed by atoms with Gasteiger partial charge < -0.3 is 10.2 Å². The number of rotatable bonds is 6. The maximum Gasteiger partial charge on any atom is 0.182 e. The average Bonchev–Trinajstić information content (AvgIpc) is 3.26. The van der Waals surface area contributed by atoms with Crippen LogP contribution in [-0.2, 0) is 6.54 Å². The second-order valence-corrected chi connectivity index (χ2v) is 7.71. The third kappa shape index (κ3) is 4.06. The van der Waals surface area contributed by atoms with Crippen LogP contribution in [0, 0.1) is 5.82 Å². The number of fused-ring (bicyclic) bond motifs is 1. The van der Waals surface area contributed by atoms with Gasteiger partial charge >= 0.3 is 0 Å². The minimum Gasteiger partial charge on any atom is -0.508 e. The number of phenolic OH excluding ortho intramolecular Hbond substituents is 1. The molecule has 3 aromatic heterocycles. The molecule has 0 unspecified atom stereocenters. The Morgan fingerprint density at radius 3 is 2.18 bits per heavy atom. The maximum absolute atomic E-state index is 13.7. The molecule has 0 saturated heterocycles. The van der Waals surface area contributed by atoms with E-state index in [4.69, 9.17) is 4.98 Å². The molecule has 164 valence electrons. The summed E-state index contributed by atoms with van der Waals surface area (Å²) in [6.45, 7) is 0.621. The molecule has 0 amide bonds. The number of benzene rings is 2. The van der Waals surface area contributed by atoms with E-state index in [1.165, 1.54) is 12.1 Å². The van der Waals surface area contributed by atoms with Gasteiger partial charge in [0.1, 0.15) is 11.6 Å². The summed E-state index contributed by atoms with van der Waals surface area (Å²) in [6, 6.07) is 17.1. The lowest BCUT2D eigenvalue weighted by molar-refractivity contribution is 0.277.